The molecular formula is C15H13BrTe. The van der Waals surface area contributed by atoms with E-state index in [0.717, 1.165) is 0 Å². The molecule has 0 fully saturated rings. The summed E-state index contributed by atoms with van der Waals surface area (Å²) >= 11 is 3.41. The molecule has 2 aromatic rings. The van der Waals surface area contributed by atoms with E-state index in [1.807, 2.05) is 6.07 Å². The summed E-state index contributed by atoms with van der Waals surface area (Å²) < 4.78 is 5.01. The molecule has 0 aliphatic heterocycles. The molecule has 0 N–H and O–H groups in total. The summed E-state index contributed by atoms with van der Waals surface area (Å²) in [7, 11) is 0. The van der Waals surface area contributed by atoms with Crippen LogP contribution in [0.3, 0.4) is 0 Å². The van der Waals surface area contributed by atoms with E-state index in [9.17, 15) is 0 Å². The average Bonchev–Trinajstić information content (AvgIpc) is 2.39. The van der Waals surface area contributed by atoms with Gasteiger partial charge in [0.2, 0.25) is 0 Å². The molecule has 0 saturated carbocycles. The van der Waals surface area contributed by atoms with Crippen molar-refractivity contribution in [2.75, 3.05) is 0 Å². The van der Waals surface area contributed by atoms with Crippen LogP contribution < -0.4 is 3.61 Å². The summed E-state index contributed by atoms with van der Waals surface area (Å²) in [5.74, 6) is 0. The van der Waals surface area contributed by atoms with Crippen molar-refractivity contribution in [1.82, 2.24) is 0 Å². The van der Waals surface area contributed by atoms with Gasteiger partial charge in [0.15, 0.2) is 0 Å². The van der Waals surface area contributed by atoms with Crippen molar-refractivity contribution in [3.63, 3.8) is 0 Å². The van der Waals surface area contributed by atoms with Gasteiger partial charge >= 0.3 is 122 Å². The zero-order valence-electron chi connectivity index (χ0n) is 9.56. The molecule has 17 heavy (non-hydrogen) atoms. The van der Waals surface area contributed by atoms with E-state index in [1.54, 1.807) is 0 Å². The number of rotatable bonds is 3. The fraction of sp³-hybridized carbons (Fsp3) is 0.0667. The van der Waals surface area contributed by atoms with Gasteiger partial charge in [-0.2, -0.15) is 0 Å². The number of hydrogen-bond donors (Lipinski definition) is 0. The van der Waals surface area contributed by atoms with Crippen LogP contribution in [0.4, 0.5) is 0 Å². The molecule has 2 rings (SSSR count). The minimum absolute atomic E-state index is 0.246. The molecule has 0 heterocycles. The van der Waals surface area contributed by atoms with Crippen LogP contribution in [0.25, 0.3) is 4.48 Å². The molecule has 2 heteroatoms. The summed E-state index contributed by atoms with van der Waals surface area (Å²) in [5.41, 5.74) is 2.58. The minimum atomic E-state index is -0.246. The van der Waals surface area contributed by atoms with Crippen LogP contribution in [-0.4, -0.2) is 20.9 Å². The molecule has 0 nitrogen and oxygen atoms in total. The molecule has 2 aromatic carbocycles. The monoisotopic (exact) mass is 402 g/mol. The Morgan fingerprint density at radius 1 is 1.00 bits per heavy atom. The van der Waals surface area contributed by atoms with Crippen LogP contribution in [0.2, 0.25) is 0 Å². The maximum absolute atomic E-state index is 3.65. The molecule has 0 saturated heterocycles. The van der Waals surface area contributed by atoms with Crippen molar-refractivity contribution in [2.45, 2.75) is 6.92 Å². The Morgan fingerprint density at radius 3 is 2.29 bits per heavy atom. The van der Waals surface area contributed by atoms with Crippen molar-refractivity contribution in [3.05, 3.63) is 69.8 Å². The van der Waals surface area contributed by atoms with Gasteiger partial charge < -0.3 is 0 Å². The molecule has 0 amide bonds. The second-order valence-electron chi connectivity index (χ2n) is 3.76. The summed E-state index contributed by atoms with van der Waals surface area (Å²) in [6.45, 7) is 2.13. The average molecular weight is 401 g/mol. The van der Waals surface area contributed by atoms with Gasteiger partial charge in [-0.15, -0.1) is 0 Å². The zero-order valence-corrected chi connectivity index (χ0v) is 13.5. The third-order valence-corrected chi connectivity index (χ3v) is 6.56. The molecule has 0 aromatic heterocycles. The Hall–Kier alpha value is -0.550. The van der Waals surface area contributed by atoms with Crippen LogP contribution in [0, 0.1) is 6.92 Å². The number of aryl methyl sites for hydroxylation is 1. The molecular weight excluding hydrogens is 388 g/mol. The van der Waals surface area contributed by atoms with Gasteiger partial charge in [0.25, 0.3) is 0 Å². The van der Waals surface area contributed by atoms with Crippen LogP contribution in [-0.2, 0) is 0 Å². The van der Waals surface area contributed by atoms with Crippen molar-refractivity contribution < 1.29 is 0 Å². The topological polar surface area (TPSA) is 0 Å². The third-order valence-electron chi connectivity index (χ3n) is 2.37. The van der Waals surface area contributed by atoms with Gasteiger partial charge in [0, 0.05) is 0 Å². The Kier molecular flexibility index (Phi) is 4.85. The first-order valence-electron chi connectivity index (χ1n) is 5.40. The first-order valence-corrected chi connectivity index (χ1v) is 8.70. The molecule has 86 valence electrons. The van der Waals surface area contributed by atoms with Crippen LogP contribution >= 0.6 is 15.9 Å². The fourth-order valence-electron chi connectivity index (χ4n) is 1.40. The predicted octanol–water partition coefficient (Wildman–Crippen LogP) is 3.72. The number of hydrogen-bond acceptors (Lipinski definition) is 0. The van der Waals surface area contributed by atoms with Gasteiger partial charge in [0.05, 0.1) is 0 Å². The second kappa shape index (κ2) is 6.40. The van der Waals surface area contributed by atoms with Crippen molar-refractivity contribution >= 4 is 44.9 Å². The predicted molar refractivity (Wildman–Crippen MR) is 79.9 cm³/mol. The van der Waals surface area contributed by atoms with Crippen molar-refractivity contribution in [3.8, 4) is 0 Å². The van der Waals surface area contributed by atoms with E-state index >= 15 is 0 Å². The van der Waals surface area contributed by atoms with E-state index in [-0.39, 0.29) is 20.9 Å². The first kappa shape index (κ1) is 12.9. The maximum atomic E-state index is 3.65. The van der Waals surface area contributed by atoms with Gasteiger partial charge in [-0.3, -0.25) is 0 Å². The van der Waals surface area contributed by atoms with Crippen LogP contribution in [0.1, 0.15) is 11.1 Å². The zero-order chi connectivity index (χ0) is 12.1. The van der Waals surface area contributed by atoms with Crippen molar-refractivity contribution in [1.29, 1.82) is 0 Å². The van der Waals surface area contributed by atoms with Gasteiger partial charge in [-0.05, 0) is 0 Å². The third kappa shape index (κ3) is 3.99. The van der Waals surface area contributed by atoms with E-state index in [0.29, 0.717) is 0 Å². The Balaban J connectivity index is 2.08. The van der Waals surface area contributed by atoms with Crippen molar-refractivity contribution in [2.24, 2.45) is 0 Å². The van der Waals surface area contributed by atoms with E-state index < -0.39 is 0 Å². The second-order valence-corrected chi connectivity index (χ2v) is 7.31. The van der Waals surface area contributed by atoms with E-state index in [1.165, 1.54) is 19.2 Å². The standard InChI is InChI=1S/C15H13BrTe/c1-12-7-9-14(10-8-12)17-11-15(16)13-5-3-2-4-6-13/h2-11H,1H3/b15-11+. The molecule has 0 atom stereocenters. The molecule has 0 aliphatic rings. The molecule has 0 aliphatic carbocycles. The molecule has 0 radical (unpaired) electrons. The Bertz CT molecular complexity index is 500. The first-order chi connectivity index (χ1) is 8.25. The summed E-state index contributed by atoms with van der Waals surface area (Å²) in [5, 5.41) is 0. The Labute approximate surface area is 121 Å². The van der Waals surface area contributed by atoms with Gasteiger partial charge in [-0.1, -0.05) is 0 Å². The normalized spacial score (nSPS) is 11.5. The van der Waals surface area contributed by atoms with E-state index in [4.69, 9.17) is 0 Å². The summed E-state index contributed by atoms with van der Waals surface area (Å²) in [6, 6.07) is 19.3. The molecule has 0 bridgehead atoms. The number of benzene rings is 2. The Morgan fingerprint density at radius 2 is 1.65 bits per heavy atom. The number of halogens is 1. The van der Waals surface area contributed by atoms with Gasteiger partial charge in [0.1, 0.15) is 0 Å². The fourth-order valence-corrected chi connectivity index (χ4v) is 4.20. The van der Waals surface area contributed by atoms with Crippen LogP contribution in [0.15, 0.2) is 58.7 Å². The van der Waals surface area contributed by atoms with Gasteiger partial charge in [-0.25, -0.2) is 0 Å². The molecule has 0 unspecified atom stereocenters. The quantitative estimate of drug-likeness (QED) is 0.689. The summed E-state index contributed by atoms with van der Waals surface area (Å²) in [6.07, 6.45) is 0. The summed E-state index contributed by atoms with van der Waals surface area (Å²) in [4.78, 5) is 0. The van der Waals surface area contributed by atoms with Crippen LogP contribution in [0.5, 0.6) is 0 Å². The molecule has 0 spiro atoms. The SMILES string of the molecule is Cc1ccc([Te]/C=C(/Br)c2ccccc2)cc1. The van der Waals surface area contributed by atoms with E-state index in [2.05, 4.69) is 75.5 Å².